The summed E-state index contributed by atoms with van der Waals surface area (Å²) in [7, 11) is 0. The van der Waals surface area contributed by atoms with Crippen molar-refractivity contribution >= 4 is 46.0 Å². The lowest BCUT2D eigenvalue weighted by Gasteiger charge is -2.06. The molecule has 1 heterocycles. The van der Waals surface area contributed by atoms with E-state index in [4.69, 9.17) is 4.74 Å². The SMILES string of the molecule is Cc1ccc(N=C2NC(=O)/C(=C\c3ccc(Oc4ccc([N+](=O)[O-])cc4[N+](=O)[O-])cc3)S2)c(C)c1. The van der Waals surface area contributed by atoms with Gasteiger partial charge in [-0.2, -0.15) is 0 Å². The van der Waals surface area contributed by atoms with Crippen LogP contribution in [0.25, 0.3) is 6.08 Å². The van der Waals surface area contributed by atoms with E-state index >= 15 is 0 Å². The maximum Gasteiger partial charge on any atom is 0.318 e. The van der Waals surface area contributed by atoms with Crippen molar-refractivity contribution in [2.45, 2.75) is 13.8 Å². The molecule has 0 radical (unpaired) electrons. The molecule has 11 heteroatoms. The zero-order valence-corrected chi connectivity index (χ0v) is 19.4. The molecule has 0 spiro atoms. The number of ether oxygens (including phenoxy) is 1. The lowest BCUT2D eigenvalue weighted by atomic mass is 10.1. The van der Waals surface area contributed by atoms with E-state index in [1.54, 1.807) is 30.3 Å². The van der Waals surface area contributed by atoms with E-state index in [0.29, 0.717) is 21.4 Å². The first kappa shape index (κ1) is 23.6. The van der Waals surface area contributed by atoms with Crippen LogP contribution in [0.1, 0.15) is 16.7 Å². The molecule has 0 saturated carbocycles. The summed E-state index contributed by atoms with van der Waals surface area (Å²) < 4.78 is 5.57. The number of non-ortho nitro benzene ring substituents is 1. The van der Waals surface area contributed by atoms with Crippen LogP contribution in [0.3, 0.4) is 0 Å². The second-order valence-electron chi connectivity index (χ2n) is 7.61. The molecule has 1 aliphatic rings. The standard InChI is InChI=1S/C24H18N4O6S/c1-14-3-9-19(15(2)11-14)25-24-26-23(29)22(35-24)12-16-4-7-18(8-5-16)34-21-10-6-17(27(30)31)13-20(21)28(32)33/h3-13H,1-2H3,(H,25,26,29)/b22-12+. The van der Waals surface area contributed by atoms with Crippen LogP contribution in [0.5, 0.6) is 11.5 Å². The van der Waals surface area contributed by atoms with Crippen molar-refractivity contribution in [2.75, 3.05) is 0 Å². The summed E-state index contributed by atoms with van der Waals surface area (Å²) in [6, 6.07) is 15.6. The Hall–Kier alpha value is -4.51. The van der Waals surface area contributed by atoms with Gasteiger partial charge in [-0.15, -0.1) is 0 Å². The smallest absolute Gasteiger partial charge is 0.318 e. The van der Waals surface area contributed by atoms with Crippen LogP contribution < -0.4 is 10.1 Å². The number of aryl methyl sites for hydroxylation is 2. The molecule has 0 unspecified atom stereocenters. The van der Waals surface area contributed by atoms with Crippen molar-refractivity contribution in [3.8, 4) is 11.5 Å². The Balaban J connectivity index is 1.50. The van der Waals surface area contributed by atoms with Gasteiger partial charge < -0.3 is 10.1 Å². The topological polar surface area (TPSA) is 137 Å². The number of thioether (sulfide) groups is 1. The first-order valence-corrected chi connectivity index (χ1v) is 11.1. The molecular formula is C24H18N4O6S. The molecule has 1 aliphatic heterocycles. The van der Waals surface area contributed by atoms with E-state index in [1.165, 1.54) is 17.8 Å². The summed E-state index contributed by atoms with van der Waals surface area (Å²) in [5.41, 5.74) is 2.71. The van der Waals surface area contributed by atoms with Crippen LogP contribution in [-0.2, 0) is 4.79 Å². The van der Waals surface area contributed by atoms with Gasteiger partial charge in [0.2, 0.25) is 5.75 Å². The van der Waals surface area contributed by atoms with Crippen LogP contribution in [-0.4, -0.2) is 20.9 Å². The van der Waals surface area contributed by atoms with E-state index < -0.39 is 21.2 Å². The molecule has 0 aliphatic carbocycles. The predicted molar refractivity (Wildman–Crippen MR) is 133 cm³/mol. The number of benzene rings is 3. The van der Waals surface area contributed by atoms with Crippen LogP contribution in [0.2, 0.25) is 0 Å². The predicted octanol–water partition coefficient (Wildman–Crippen LogP) is 5.80. The van der Waals surface area contributed by atoms with Crippen LogP contribution in [0.4, 0.5) is 17.1 Å². The first-order chi connectivity index (χ1) is 16.7. The second-order valence-corrected chi connectivity index (χ2v) is 8.64. The molecule has 35 heavy (non-hydrogen) atoms. The third-order valence-corrected chi connectivity index (χ3v) is 5.89. The molecule has 4 rings (SSSR count). The fourth-order valence-electron chi connectivity index (χ4n) is 3.28. The number of nitrogens with one attached hydrogen (secondary N) is 1. The number of amides is 1. The molecule has 1 fully saturated rings. The number of nitrogens with zero attached hydrogens (tertiary/aromatic N) is 3. The van der Waals surface area contributed by atoms with Gasteiger partial charge in [0.05, 0.1) is 26.5 Å². The minimum Gasteiger partial charge on any atom is -0.450 e. The zero-order chi connectivity index (χ0) is 25.1. The van der Waals surface area contributed by atoms with E-state index in [0.717, 1.165) is 28.9 Å². The largest absolute Gasteiger partial charge is 0.450 e. The lowest BCUT2D eigenvalue weighted by molar-refractivity contribution is -0.394. The van der Waals surface area contributed by atoms with Gasteiger partial charge >= 0.3 is 5.69 Å². The van der Waals surface area contributed by atoms with Crippen LogP contribution >= 0.6 is 11.8 Å². The van der Waals surface area contributed by atoms with Gasteiger partial charge in [-0.3, -0.25) is 25.0 Å². The van der Waals surface area contributed by atoms with Gasteiger partial charge in [0.15, 0.2) is 5.17 Å². The number of rotatable bonds is 6. The number of amidine groups is 1. The van der Waals surface area contributed by atoms with Crippen molar-refractivity contribution in [2.24, 2.45) is 4.99 Å². The number of hydrogen-bond donors (Lipinski definition) is 1. The number of carbonyl (C=O) groups excluding carboxylic acids is 1. The third kappa shape index (κ3) is 5.53. The van der Waals surface area contributed by atoms with Gasteiger partial charge in [-0.05, 0) is 67.1 Å². The molecule has 1 N–H and O–H groups in total. The van der Waals surface area contributed by atoms with Gasteiger partial charge in [-0.25, -0.2) is 4.99 Å². The minimum absolute atomic E-state index is 0.121. The highest BCUT2D eigenvalue weighted by Crippen LogP contribution is 2.35. The second kappa shape index (κ2) is 9.77. The average Bonchev–Trinajstić information content (AvgIpc) is 3.15. The van der Waals surface area contributed by atoms with Crippen molar-refractivity contribution in [3.05, 3.63) is 102 Å². The summed E-state index contributed by atoms with van der Waals surface area (Å²) in [6.45, 7) is 3.96. The number of aliphatic imine (C=N–C) groups is 1. The Morgan fingerprint density at radius 1 is 0.971 bits per heavy atom. The molecule has 3 aromatic rings. The van der Waals surface area contributed by atoms with Gasteiger partial charge in [0.1, 0.15) is 5.75 Å². The van der Waals surface area contributed by atoms with Gasteiger partial charge in [0.25, 0.3) is 11.6 Å². The Bertz CT molecular complexity index is 1420. The molecule has 176 valence electrons. The monoisotopic (exact) mass is 490 g/mol. The van der Waals surface area contributed by atoms with Crippen molar-refractivity contribution < 1.29 is 19.4 Å². The quantitative estimate of drug-likeness (QED) is 0.262. The van der Waals surface area contributed by atoms with E-state index in [-0.39, 0.29) is 11.7 Å². The summed E-state index contributed by atoms with van der Waals surface area (Å²) in [4.78, 5) is 38.1. The molecular weight excluding hydrogens is 472 g/mol. The lowest BCUT2D eigenvalue weighted by Crippen LogP contribution is -2.19. The summed E-state index contributed by atoms with van der Waals surface area (Å²) in [5.74, 6) is -0.0882. The third-order valence-electron chi connectivity index (χ3n) is 4.98. The molecule has 3 aromatic carbocycles. The normalized spacial score (nSPS) is 15.3. The van der Waals surface area contributed by atoms with E-state index in [9.17, 15) is 25.0 Å². The molecule has 1 amide bonds. The van der Waals surface area contributed by atoms with Crippen molar-refractivity contribution in [1.29, 1.82) is 0 Å². The number of nitro groups is 2. The average molecular weight is 490 g/mol. The van der Waals surface area contributed by atoms with Crippen molar-refractivity contribution in [3.63, 3.8) is 0 Å². The fourth-order valence-corrected chi connectivity index (χ4v) is 4.11. The maximum atomic E-state index is 12.4. The number of nitro benzene ring substituents is 2. The molecule has 0 aromatic heterocycles. The van der Waals surface area contributed by atoms with E-state index in [2.05, 4.69) is 10.3 Å². The summed E-state index contributed by atoms with van der Waals surface area (Å²) in [5, 5.41) is 25.4. The highest BCUT2D eigenvalue weighted by atomic mass is 32.2. The van der Waals surface area contributed by atoms with Crippen molar-refractivity contribution in [1.82, 2.24) is 5.32 Å². The number of carbonyl (C=O) groups is 1. The Labute approximate surface area is 203 Å². The summed E-state index contributed by atoms with van der Waals surface area (Å²) >= 11 is 1.23. The van der Waals surface area contributed by atoms with Crippen LogP contribution in [0.15, 0.2) is 70.6 Å². The maximum absolute atomic E-state index is 12.4. The van der Waals surface area contributed by atoms with Gasteiger partial charge in [0, 0.05) is 6.07 Å². The highest BCUT2D eigenvalue weighted by molar-refractivity contribution is 8.18. The Kier molecular flexibility index (Phi) is 6.60. The molecule has 0 bridgehead atoms. The Morgan fingerprint density at radius 2 is 1.71 bits per heavy atom. The van der Waals surface area contributed by atoms with Gasteiger partial charge in [-0.1, -0.05) is 29.8 Å². The molecule has 0 atom stereocenters. The van der Waals surface area contributed by atoms with E-state index in [1.807, 2.05) is 32.0 Å². The highest BCUT2D eigenvalue weighted by Gasteiger charge is 2.24. The Morgan fingerprint density at radius 3 is 2.37 bits per heavy atom. The fraction of sp³-hybridized carbons (Fsp3) is 0.0833. The minimum atomic E-state index is -0.742. The zero-order valence-electron chi connectivity index (χ0n) is 18.6. The van der Waals surface area contributed by atoms with Crippen LogP contribution in [0, 0.1) is 34.1 Å². The molecule has 10 nitrogen and oxygen atoms in total. The first-order valence-electron chi connectivity index (χ1n) is 10.3. The molecule has 1 saturated heterocycles. The summed E-state index contributed by atoms with van der Waals surface area (Å²) in [6.07, 6.45) is 1.70. The number of hydrogen-bond acceptors (Lipinski definition) is 8.